The third kappa shape index (κ3) is 5.01. The average Bonchev–Trinajstić information content (AvgIpc) is 3.24. The van der Waals surface area contributed by atoms with Gasteiger partial charge in [0.25, 0.3) is 10.0 Å². The molecule has 1 aliphatic rings. The molecule has 2 N–H and O–H groups in total. The van der Waals surface area contributed by atoms with Gasteiger partial charge in [0.1, 0.15) is 5.82 Å². The van der Waals surface area contributed by atoms with Crippen molar-refractivity contribution in [3.05, 3.63) is 63.9 Å². The zero-order chi connectivity index (χ0) is 21.1. The van der Waals surface area contributed by atoms with Gasteiger partial charge in [-0.05, 0) is 90.9 Å². The van der Waals surface area contributed by atoms with Crippen molar-refractivity contribution in [1.82, 2.24) is 9.97 Å². The fourth-order valence-corrected chi connectivity index (χ4v) is 4.71. The fraction of sp³-hybridized carbons (Fsp3) is 0.238. The number of benzene rings is 2. The maximum atomic E-state index is 12.5. The normalized spacial score (nSPS) is 14.0. The molecule has 3 aromatic rings. The van der Waals surface area contributed by atoms with Crippen LogP contribution in [0, 0.1) is 10.5 Å². The molecule has 1 aromatic heterocycles. The highest BCUT2D eigenvalue weighted by molar-refractivity contribution is 14.1. The molecular weight excluding hydrogens is 513 g/mol. The van der Waals surface area contributed by atoms with E-state index in [1.165, 1.54) is 12.8 Å². The molecule has 1 fully saturated rings. The Bertz CT molecular complexity index is 1130. The summed E-state index contributed by atoms with van der Waals surface area (Å²) in [5.41, 5.74) is 2.17. The third-order valence-corrected chi connectivity index (χ3v) is 6.90. The smallest absolute Gasteiger partial charge is 0.261 e. The van der Waals surface area contributed by atoms with Crippen LogP contribution in [0.2, 0.25) is 0 Å². The van der Waals surface area contributed by atoms with Crippen LogP contribution in [0.25, 0.3) is 0 Å². The standard InChI is InChI=1S/C21H22IN5O2S/c1-15-14-20(27-12-2-3-13-27)25-21(23-15)24-17-6-8-18(9-7-17)26-30(28,29)19-10-4-16(22)5-11-19/h4-11,14,26H,2-3,12-13H2,1H3,(H,23,24,25). The van der Waals surface area contributed by atoms with Crippen LogP contribution >= 0.6 is 22.6 Å². The van der Waals surface area contributed by atoms with Gasteiger partial charge in [0.2, 0.25) is 5.95 Å². The lowest BCUT2D eigenvalue weighted by Gasteiger charge is -2.17. The van der Waals surface area contributed by atoms with Gasteiger partial charge in [-0.15, -0.1) is 0 Å². The second-order valence-corrected chi connectivity index (χ2v) is 10.1. The maximum absolute atomic E-state index is 12.5. The van der Waals surface area contributed by atoms with Crippen molar-refractivity contribution in [2.75, 3.05) is 28.0 Å². The molecule has 0 radical (unpaired) electrons. The Hall–Kier alpha value is -2.40. The summed E-state index contributed by atoms with van der Waals surface area (Å²) in [4.78, 5) is 11.6. The lowest BCUT2D eigenvalue weighted by molar-refractivity contribution is 0.601. The van der Waals surface area contributed by atoms with Gasteiger partial charge in [0.05, 0.1) is 4.90 Å². The number of aromatic nitrogens is 2. The van der Waals surface area contributed by atoms with E-state index in [2.05, 4.69) is 47.5 Å². The van der Waals surface area contributed by atoms with Crippen molar-refractivity contribution < 1.29 is 8.42 Å². The first-order chi connectivity index (χ1) is 14.4. The number of aryl methyl sites for hydroxylation is 1. The molecule has 0 spiro atoms. The number of halogens is 1. The Morgan fingerprint density at radius 3 is 2.23 bits per heavy atom. The van der Waals surface area contributed by atoms with Gasteiger partial charge in [-0.3, -0.25) is 4.72 Å². The monoisotopic (exact) mass is 535 g/mol. The highest BCUT2D eigenvalue weighted by Crippen LogP contribution is 2.23. The molecule has 1 saturated heterocycles. The summed E-state index contributed by atoms with van der Waals surface area (Å²) in [6.45, 7) is 3.99. The molecule has 0 aliphatic carbocycles. The Kier molecular flexibility index (Phi) is 6.09. The molecule has 9 heteroatoms. The Morgan fingerprint density at radius 2 is 1.57 bits per heavy atom. The van der Waals surface area contributed by atoms with E-state index >= 15 is 0 Å². The van der Waals surface area contributed by atoms with Crippen LogP contribution in [0.15, 0.2) is 59.5 Å². The first kappa shape index (κ1) is 20.9. The van der Waals surface area contributed by atoms with Gasteiger partial charge in [-0.2, -0.15) is 4.98 Å². The summed E-state index contributed by atoms with van der Waals surface area (Å²) in [5, 5.41) is 3.21. The minimum atomic E-state index is -3.63. The summed E-state index contributed by atoms with van der Waals surface area (Å²) in [5.74, 6) is 1.47. The first-order valence-corrected chi connectivity index (χ1v) is 12.2. The van der Waals surface area contributed by atoms with E-state index in [4.69, 9.17) is 0 Å². The van der Waals surface area contributed by atoms with Gasteiger partial charge < -0.3 is 10.2 Å². The maximum Gasteiger partial charge on any atom is 0.261 e. The zero-order valence-electron chi connectivity index (χ0n) is 16.5. The molecule has 4 rings (SSSR count). The third-order valence-electron chi connectivity index (χ3n) is 4.79. The highest BCUT2D eigenvalue weighted by atomic mass is 127. The molecule has 0 atom stereocenters. The molecule has 0 amide bonds. The van der Waals surface area contributed by atoms with Gasteiger partial charge in [-0.25, -0.2) is 13.4 Å². The molecule has 2 aromatic carbocycles. The van der Waals surface area contributed by atoms with E-state index < -0.39 is 10.0 Å². The Labute approximate surface area is 190 Å². The second-order valence-electron chi connectivity index (χ2n) is 7.15. The van der Waals surface area contributed by atoms with E-state index in [-0.39, 0.29) is 4.90 Å². The molecule has 0 bridgehead atoms. The highest BCUT2D eigenvalue weighted by Gasteiger charge is 2.16. The van der Waals surface area contributed by atoms with Crippen LogP contribution in [0.4, 0.5) is 23.1 Å². The summed E-state index contributed by atoms with van der Waals surface area (Å²) in [6, 6.07) is 15.7. The predicted octanol–water partition coefficient (Wildman–Crippen LogP) is 4.53. The van der Waals surface area contributed by atoms with Gasteiger partial charge in [0, 0.05) is 39.8 Å². The van der Waals surface area contributed by atoms with Crippen LogP contribution < -0.4 is 14.9 Å². The summed E-state index contributed by atoms with van der Waals surface area (Å²) in [6.07, 6.45) is 2.37. The van der Waals surface area contributed by atoms with Crippen LogP contribution in [-0.2, 0) is 10.0 Å². The minimum Gasteiger partial charge on any atom is -0.356 e. The van der Waals surface area contributed by atoms with E-state index in [0.29, 0.717) is 11.6 Å². The molecule has 2 heterocycles. The molecule has 0 saturated carbocycles. The van der Waals surface area contributed by atoms with Gasteiger partial charge in [0.15, 0.2) is 0 Å². The number of sulfonamides is 1. The molecule has 1 aliphatic heterocycles. The van der Waals surface area contributed by atoms with E-state index in [9.17, 15) is 8.42 Å². The molecule has 0 unspecified atom stereocenters. The fourth-order valence-electron chi connectivity index (χ4n) is 3.29. The van der Waals surface area contributed by atoms with Crippen LogP contribution in [0.5, 0.6) is 0 Å². The van der Waals surface area contributed by atoms with Crippen molar-refractivity contribution in [1.29, 1.82) is 0 Å². The van der Waals surface area contributed by atoms with Crippen LogP contribution in [0.1, 0.15) is 18.5 Å². The number of nitrogens with zero attached hydrogens (tertiary/aromatic N) is 3. The van der Waals surface area contributed by atoms with Crippen molar-refractivity contribution in [2.45, 2.75) is 24.7 Å². The second kappa shape index (κ2) is 8.76. The lowest BCUT2D eigenvalue weighted by atomic mass is 10.3. The molecule has 30 heavy (non-hydrogen) atoms. The van der Waals surface area contributed by atoms with Crippen LogP contribution in [0.3, 0.4) is 0 Å². The number of rotatable bonds is 6. The van der Waals surface area contributed by atoms with Gasteiger partial charge in [-0.1, -0.05) is 0 Å². The summed E-state index contributed by atoms with van der Waals surface area (Å²) < 4.78 is 28.7. The van der Waals surface area contributed by atoms with Crippen molar-refractivity contribution >= 4 is 55.8 Å². The quantitative estimate of drug-likeness (QED) is 0.451. The number of anilines is 4. The SMILES string of the molecule is Cc1cc(N2CCCC2)nc(Nc2ccc(NS(=O)(=O)c3ccc(I)cc3)cc2)n1. The Balaban J connectivity index is 1.47. The molecule has 156 valence electrons. The van der Waals surface area contributed by atoms with E-state index in [0.717, 1.165) is 33.9 Å². The Morgan fingerprint density at radius 1 is 0.933 bits per heavy atom. The van der Waals surface area contributed by atoms with Crippen molar-refractivity contribution in [3.63, 3.8) is 0 Å². The molecule has 7 nitrogen and oxygen atoms in total. The largest absolute Gasteiger partial charge is 0.356 e. The number of hydrogen-bond donors (Lipinski definition) is 2. The predicted molar refractivity (Wildman–Crippen MR) is 128 cm³/mol. The summed E-state index contributed by atoms with van der Waals surface area (Å²) >= 11 is 2.14. The van der Waals surface area contributed by atoms with Crippen molar-refractivity contribution in [2.24, 2.45) is 0 Å². The summed E-state index contributed by atoms with van der Waals surface area (Å²) in [7, 11) is -3.63. The first-order valence-electron chi connectivity index (χ1n) is 9.65. The number of hydrogen-bond acceptors (Lipinski definition) is 6. The number of nitrogens with one attached hydrogen (secondary N) is 2. The van der Waals surface area contributed by atoms with Gasteiger partial charge >= 0.3 is 0 Å². The van der Waals surface area contributed by atoms with Crippen molar-refractivity contribution in [3.8, 4) is 0 Å². The molecular formula is C21H22IN5O2S. The van der Waals surface area contributed by atoms with E-state index in [1.807, 2.05) is 13.0 Å². The topological polar surface area (TPSA) is 87.2 Å². The lowest BCUT2D eigenvalue weighted by Crippen LogP contribution is -2.19. The van der Waals surface area contributed by atoms with Crippen LogP contribution in [-0.4, -0.2) is 31.5 Å². The van der Waals surface area contributed by atoms with E-state index in [1.54, 1.807) is 48.5 Å². The zero-order valence-corrected chi connectivity index (χ0v) is 19.4. The minimum absolute atomic E-state index is 0.229. The average molecular weight is 535 g/mol.